The molecule has 0 aliphatic heterocycles. The molecule has 76 valence electrons. The van der Waals surface area contributed by atoms with Crippen molar-refractivity contribution in [3.63, 3.8) is 0 Å². The van der Waals surface area contributed by atoms with Crippen molar-refractivity contribution in [3.8, 4) is 0 Å². The van der Waals surface area contributed by atoms with Gasteiger partial charge in [-0.2, -0.15) is 0 Å². The van der Waals surface area contributed by atoms with Crippen molar-refractivity contribution >= 4 is 11.6 Å². The molecule has 2 rings (SSSR count). The number of carbonyl (C=O) groups is 1. The second kappa shape index (κ2) is 3.02. The van der Waals surface area contributed by atoms with Gasteiger partial charge in [-0.05, 0) is 18.9 Å². The van der Waals surface area contributed by atoms with Crippen molar-refractivity contribution in [2.24, 2.45) is 0 Å². The molecule has 1 aromatic rings. The number of aliphatic hydroxyl groups is 1. The molecule has 1 amide bonds. The van der Waals surface area contributed by atoms with Gasteiger partial charge in [0.05, 0.1) is 12.1 Å². The van der Waals surface area contributed by atoms with Crippen molar-refractivity contribution in [1.29, 1.82) is 0 Å². The van der Waals surface area contributed by atoms with E-state index in [0.717, 1.165) is 12.8 Å². The summed E-state index contributed by atoms with van der Waals surface area (Å²) in [7, 11) is 0. The fraction of sp³-hybridized carbons (Fsp3) is 0.444. The summed E-state index contributed by atoms with van der Waals surface area (Å²) in [5.74, 6) is -0.215. The lowest BCUT2D eigenvalue weighted by atomic mass is 10.2. The van der Waals surface area contributed by atoms with Crippen LogP contribution in [0.2, 0.25) is 0 Å². The number of amides is 1. The average Bonchev–Trinajstić information content (AvgIpc) is 2.80. The molecule has 0 saturated heterocycles. The third-order valence-electron chi connectivity index (χ3n) is 2.48. The molecule has 1 saturated carbocycles. The summed E-state index contributed by atoms with van der Waals surface area (Å²) in [4.78, 5) is 14.3. The summed E-state index contributed by atoms with van der Waals surface area (Å²) in [5.41, 5.74) is 6.05. The summed E-state index contributed by atoms with van der Waals surface area (Å²) in [6.45, 7) is -0.00503. The number of hydrogen-bond donors (Lipinski definition) is 4. The van der Waals surface area contributed by atoms with Gasteiger partial charge in [-0.25, -0.2) is 0 Å². The van der Waals surface area contributed by atoms with E-state index in [-0.39, 0.29) is 18.1 Å². The maximum Gasteiger partial charge on any atom is 0.268 e. The number of rotatable bonds is 3. The van der Waals surface area contributed by atoms with Crippen LogP contribution in [0.5, 0.6) is 0 Å². The molecule has 0 unspecified atom stereocenters. The number of nitrogen functional groups attached to an aromatic ring is 1. The Hall–Kier alpha value is -1.49. The number of aliphatic hydroxyl groups excluding tert-OH is 1. The molecule has 0 atom stereocenters. The first-order chi connectivity index (χ1) is 6.65. The minimum atomic E-state index is -0.378. The maximum absolute atomic E-state index is 11.6. The van der Waals surface area contributed by atoms with E-state index < -0.39 is 0 Å². The molecule has 0 radical (unpaired) electrons. The first-order valence-corrected chi connectivity index (χ1v) is 4.52. The Morgan fingerprint density at radius 2 is 2.43 bits per heavy atom. The number of aromatic amines is 1. The zero-order chi connectivity index (χ0) is 10.2. The second-order valence-electron chi connectivity index (χ2n) is 3.74. The number of aromatic nitrogens is 1. The molecule has 1 aromatic heterocycles. The van der Waals surface area contributed by atoms with Crippen molar-refractivity contribution in [2.75, 3.05) is 12.3 Å². The highest BCUT2D eigenvalue weighted by molar-refractivity contribution is 5.94. The Balaban J connectivity index is 2.03. The van der Waals surface area contributed by atoms with E-state index in [0.29, 0.717) is 11.4 Å². The van der Waals surface area contributed by atoms with Crippen LogP contribution in [0.25, 0.3) is 0 Å². The standard InChI is InChI=1S/C9H13N3O2/c10-6-3-7(11-4-6)8(14)12-9(5-13)1-2-9/h3-4,11,13H,1-2,5,10H2,(H,12,14). The number of nitrogens with one attached hydrogen (secondary N) is 2. The lowest BCUT2D eigenvalue weighted by molar-refractivity contribution is 0.0902. The summed E-state index contributed by atoms with van der Waals surface area (Å²) >= 11 is 0. The maximum atomic E-state index is 11.6. The fourth-order valence-electron chi connectivity index (χ4n) is 1.32. The van der Waals surface area contributed by atoms with Crippen LogP contribution in [0.4, 0.5) is 5.69 Å². The molecule has 1 aliphatic carbocycles. The Labute approximate surface area is 81.3 Å². The van der Waals surface area contributed by atoms with Gasteiger partial charge >= 0.3 is 0 Å². The molecule has 0 spiro atoms. The molecule has 1 fully saturated rings. The van der Waals surface area contributed by atoms with Gasteiger partial charge < -0.3 is 21.1 Å². The number of hydrogen-bond acceptors (Lipinski definition) is 3. The molecule has 5 nitrogen and oxygen atoms in total. The van der Waals surface area contributed by atoms with Crippen LogP contribution in [-0.4, -0.2) is 28.1 Å². The highest BCUT2D eigenvalue weighted by atomic mass is 16.3. The van der Waals surface area contributed by atoms with Crippen molar-refractivity contribution < 1.29 is 9.90 Å². The van der Waals surface area contributed by atoms with E-state index in [1.807, 2.05) is 0 Å². The number of nitrogens with two attached hydrogens (primary N) is 1. The van der Waals surface area contributed by atoms with E-state index in [4.69, 9.17) is 10.8 Å². The number of carbonyl (C=O) groups excluding carboxylic acids is 1. The first kappa shape index (κ1) is 9.08. The number of H-pyrrole nitrogens is 1. The molecule has 1 heterocycles. The first-order valence-electron chi connectivity index (χ1n) is 4.52. The van der Waals surface area contributed by atoms with Crippen LogP contribution in [0.15, 0.2) is 12.3 Å². The minimum Gasteiger partial charge on any atom is -0.397 e. The Morgan fingerprint density at radius 1 is 1.71 bits per heavy atom. The van der Waals surface area contributed by atoms with Crippen LogP contribution >= 0.6 is 0 Å². The molecule has 0 bridgehead atoms. The Bertz CT molecular complexity index is 355. The van der Waals surface area contributed by atoms with E-state index >= 15 is 0 Å². The summed E-state index contributed by atoms with van der Waals surface area (Å²) in [5, 5.41) is 11.8. The third-order valence-corrected chi connectivity index (χ3v) is 2.48. The molecule has 0 aromatic carbocycles. The summed E-state index contributed by atoms with van der Waals surface area (Å²) in [6.07, 6.45) is 3.24. The minimum absolute atomic E-state index is 0.00503. The largest absolute Gasteiger partial charge is 0.397 e. The monoisotopic (exact) mass is 195 g/mol. The molecular weight excluding hydrogens is 182 g/mol. The summed E-state index contributed by atoms with van der Waals surface area (Å²) in [6, 6.07) is 1.57. The molecule has 5 heteroatoms. The quantitative estimate of drug-likeness (QED) is 0.540. The van der Waals surface area contributed by atoms with Crippen LogP contribution in [0, 0.1) is 0 Å². The summed E-state index contributed by atoms with van der Waals surface area (Å²) < 4.78 is 0. The third kappa shape index (κ3) is 1.58. The van der Waals surface area contributed by atoms with Crippen LogP contribution < -0.4 is 11.1 Å². The lowest BCUT2D eigenvalue weighted by Crippen LogP contribution is -2.39. The van der Waals surface area contributed by atoms with E-state index in [9.17, 15) is 4.79 Å². The van der Waals surface area contributed by atoms with Crippen LogP contribution in [-0.2, 0) is 0 Å². The van der Waals surface area contributed by atoms with Crippen molar-refractivity contribution in [1.82, 2.24) is 10.3 Å². The molecule has 14 heavy (non-hydrogen) atoms. The average molecular weight is 195 g/mol. The molecule has 5 N–H and O–H groups in total. The van der Waals surface area contributed by atoms with Gasteiger partial charge in [-0.1, -0.05) is 0 Å². The Kier molecular flexibility index (Phi) is 1.96. The van der Waals surface area contributed by atoms with Gasteiger partial charge in [0.15, 0.2) is 0 Å². The smallest absolute Gasteiger partial charge is 0.268 e. The zero-order valence-corrected chi connectivity index (χ0v) is 7.71. The molecular formula is C9H13N3O2. The number of anilines is 1. The highest BCUT2D eigenvalue weighted by Crippen LogP contribution is 2.34. The predicted molar refractivity (Wildman–Crippen MR) is 51.7 cm³/mol. The van der Waals surface area contributed by atoms with Gasteiger partial charge in [0.1, 0.15) is 5.69 Å². The topological polar surface area (TPSA) is 91.1 Å². The van der Waals surface area contributed by atoms with Gasteiger partial charge in [-0.15, -0.1) is 0 Å². The fourth-order valence-corrected chi connectivity index (χ4v) is 1.32. The highest BCUT2D eigenvalue weighted by Gasteiger charge is 2.43. The predicted octanol–water partition coefficient (Wildman–Crippen LogP) is -0.148. The van der Waals surface area contributed by atoms with Gasteiger partial charge in [-0.3, -0.25) is 4.79 Å². The molecule has 1 aliphatic rings. The van der Waals surface area contributed by atoms with E-state index in [1.54, 1.807) is 12.3 Å². The second-order valence-corrected chi connectivity index (χ2v) is 3.74. The van der Waals surface area contributed by atoms with Gasteiger partial charge in [0.2, 0.25) is 0 Å². The van der Waals surface area contributed by atoms with Gasteiger partial charge in [0, 0.05) is 11.9 Å². The zero-order valence-electron chi connectivity index (χ0n) is 7.71. The van der Waals surface area contributed by atoms with Crippen molar-refractivity contribution in [3.05, 3.63) is 18.0 Å². The van der Waals surface area contributed by atoms with E-state index in [1.165, 1.54) is 0 Å². The lowest BCUT2D eigenvalue weighted by Gasteiger charge is -2.12. The van der Waals surface area contributed by atoms with Crippen molar-refractivity contribution in [2.45, 2.75) is 18.4 Å². The van der Waals surface area contributed by atoms with E-state index in [2.05, 4.69) is 10.3 Å². The van der Waals surface area contributed by atoms with Crippen LogP contribution in [0.3, 0.4) is 0 Å². The van der Waals surface area contributed by atoms with Crippen LogP contribution in [0.1, 0.15) is 23.3 Å². The van der Waals surface area contributed by atoms with Gasteiger partial charge in [0.25, 0.3) is 5.91 Å². The Morgan fingerprint density at radius 3 is 2.86 bits per heavy atom. The SMILES string of the molecule is Nc1c[nH]c(C(=O)NC2(CO)CC2)c1. The normalized spacial score (nSPS) is 17.8.